The van der Waals surface area contributed by atoms with Crippen LogP contribution in [-0.2, 0) is 0 Å². The second-order valence-corrected chi connectivity index (χ2v) is 13.4. The molecule has 0 amide bonds. The molecule has 53 heavy (non-hydrogen) atoms. The van der Waals surface area contributed by atoms with Crippen molar-refractivity contribution in [3.8, 4) is 67.7 Å². The Bertz CT molecular complexity index is 2870. The molecule has 0 spiro atoms. The number of hydrogen-bond donors (Lipinski definition) is 0. The fourth-order valence-electron chi connectivity index (χ4n) is 6.99. The van der Waals surface area contributed by atoms with E-state index < -0.39 is 0 Å². The van der Waals surface area contributed by atoms with Crippen molar-refractivity contribution >= 4 is 44.4 Å². The van der Waals surface area contributed by atoms with E-state index in [9.17, 15) is 0 Å². The molecular weight excluding hydrogens is 669 g/mol. The SMILES string of the molecule is c1ccc(-c2cc(-c3ccccc3)cc(-c3nc(-c4ccccc4)nc(-c4ccc5c(c4)nc(-c4ccccc4)c4ccc6nsnc6c45)n3)c2)cc1. The normalized spacial score (nSPS) is 11.4. The lowest BCUT2D eigenvalue weighted by atomic mass is 9.96. The van der Waals surface area contributed by atoms with Crippen LogP contribution in [0.4, 0.5) is 0 Å². The second kappa shape index (κ2) is 13.0. The minimum Gasteiger partial charge on any atom is -0.247 e. The van der Waals surface area contributed by atoms with Crippen molar-refractivity contribution in [3.63, 3.8) is 0 Å². The minimum absolute atomic E-state index is 0.568. The third-order valence-corrected chi connectivity index (χ3v) is 10.1. The molecule has 0 bridgehead atoms. The number of benzene rings is 7. The molecule has 7 heteroatoms. The van der Waals surface area contributed by atoms with Gasteiger partial charge < -0.3 is 0 Å². The fourth-order valence-corrected chi connectivity index (χ4v) is 7.54. The van der Waals surface area contributed by atoms with Crippen LogP contribution in [0.25, 0.3) is 100 Å². The van der Waals surface area contributed by atoms with Gasteiger partial charge in [-0.25, -0.2) is 19.9 Å². The first-order valence-corrected chi connectivity index (χ1v) is 18.1. The number of rotatable bonds is 6. The highest BCUT2D eigenvalue weighted by Crippen LogP contribution is 2.38. The number of hydrogen-bond acceptors (Lipinski definition) is 7. The van der Waals surface area contributed by atoms with E-state index in [1.807, 2.05) is 66.7 Å². The Labute approximate surface area is 309 Å². The van der Waals surface area contributed by atoms with Crippen molar-refractivity contribution in [2.45, 2.75) is 0 Å². The quantitative estimate of drug-likeness (QED) is 0.161. The van der Waals surface area contributed by atoms with Crippen molar-refractivity contribution in [2.24, 2.45) is 0 Å². The van der Waals surface area contributed by atoms with Gasteiger partial charge in [0.2, 0.25) is 0 Å². The van der Waals surface area contributed by atoms with E-state index in [0.29, 0.717) is 17.5 Å². The van der Waals surface area contributed by atoms with Gasteiger partial charge in [-0.2, -0.15) is 8.75 Å². The summed E-state index contributed by atoms with van der Waals surface area (Å²) in [5.74, 6) is 1.76. The molecule has 0 atom stereocenters. The molecule has 10 aromatic rings. The first-order valence-electron chi connectivity index (χ1n) is 17.4. The Hall–Kier alpha value is -6.96. The Morgan fingerprint density at radius 3 is 1.45 bits per heavy atom. The summed E-state index contributed by atoms with van der Waals surface area (Å²) in [5.41, 5.74) is 11.6. The Morgan fingerprint density at radius 2 is 0.830 bits per heavy atom. The van der Waals surface area contributed by atoms with E-state index in [4.69, 9.17) is 24.3 Å². The molecule has 6 nitrogen and oxygen atoms in total. The third kappa shape index (κ3) is 5.69. The molecule has 0 aliphatic heterocycles. The molecule has 0 aliphatic rings. The van der Waals surface area contributed by atoms with Gasteiger partial charge in [-0.15, -0.1) is 0 Å². The van der Waals surface area contributed by atoms with E-state index in [-0.39, 0.29) is 0 Å². The third-order valence-electron chi connectivity index (χ3n) is 9.56. The maximum atomic E-state index is 5.29. The predicted octanol–water partition coefficient (Wildman–Crippen LogP) is 11.6. The average molecular weight is 697 g/mol. The summed E-state index contributed by atoms with van der Waals surface area (Å²) in [6.45, 7) is 0. The molecule has 0 radical (unpaired) electrons. The molecule has 0 N–H and O–H groups in total. The standard InChI is InChI=1S/C46H28N6S/c1-5-13-29(14-6-1)34-25-35(30-15-7-2-8-16-30)27-36(26-34)46-49-44(32-19-11-4-12-20-32)48-45(50-46)33-21-22-37-40(28-33)47-42(31-17-9-3-10-18-31)38-23-24-39-43(41(37)38)52-53-51-39/h1-28H. The molecule has 248 valence electrons. The lowest BCUT2D eigenvalue weighted by molar-refractivity contribution is 1.07. The van der Waals surface area contributed by atoms with Crippen LogP contribution in [0, 0.1) is 0 Å². The molecule has 3 aromatic heterocycles. The van der Waals surface area contributed by atoms with Gasteiger partial charge >= 0.3 is 0 Å². The Morgan fingerprint density at radius 1 is 0.321 bits per heavy atom. The van der Waals surface area contributed by atoms with Crippen LogP contribution in [-0.4, -0.2) is 28.7 Å². The van der Waals surface area contributed by atoms with E-state index in [1.165, 1.54) is 11.7 Å². The molecule has 0 fully saturated rings. The van der Waals surface area contributed by atoms with Gasteiger partial charge in [-0.1, -0.05) is 133 Å². The van der Waals surface area contributed by atoms with Crippen LogP contribution in [0.2, 0.25) is 0 Å². The van der Waals surface area contributed by atoms with E-state index >= 15 is 0 Å². The van der Waals surface area contributed by atoms with E-state index in [2.05, 4.69) is 108 Å². The molecule has 0 aliphatic carbocycles. The summed E-state index contributed by atoms with van der Waals surface area (Å²) in [6, 6.07) is 58.2. The van der Waals surface area contributed by atoms with Gasteiger partial charge in [0.25, 0.3) is 0 Å². The number of pyridine rings is 1. The van der Waals surface area contributed by atoms with Crippen molar-refractivity contribution < 1.29 is 0 Å². The zero-order chi connectivity index (χ0) is 35.1. The second-order valence-electron chi connectivity index (χ2n) is 12.9. The summed E-state index contributed by atoms with van der Waals surface area (Å²) in [5, 5.41) is 3.08. The maximum Gasteiger partial charge on any atom is 0.164 e. The van der Waals surface area contributed by atoms with Crippen molar-refractivity contribution in [1.82, 2.24) is 28.7 Å². The number of aromatic nitrogens is 6. The van der Waals surface area contributed by atoms with Crippen LogP contribution in [0.3, 0.4) is 0 Å². The molecule has 10 rings (SSSR count). The molecular formula is C46H28N6S. The molecule has 0 unspecified atom stereocenters. The van der Waals surface area contributed by atoms with Crippen LogP contribution in [0.1, 0.15) is 0 Å². The van der Waals surface area contributed by atoms with Crippen LogP contribution >= 0.6 is 11.7 Å². The zero-order valence-electron chi connectivity index (χ0n) is 28.3. The van der Waals surface area contributed by atoms with Crippen molar-refractivity contribution in [2.75, 3.05) is 0 Å². The molecule has 0 saturated heterocycles. The smallest absolute Gasteiger partial charge is 0.164 e. The molecule has 0 saturated carbocycles. The van der Waals surface area contributed by atoms with Gasteiger partial charge in [0.05, 0.1) is 22.9 Å². The maximum absolute atomic E-state index is 5.29. The summed E-state index contributed by atoms with van der Waals surface area (Å²) in [4.78, 5) is 20.7. The van der Waals surface area contributed by atoms with Crippen LogP contribution < -0.4 is 0 Å². The first kappa shape index (κ1) is 30.8. The van der Waals surface area contributed by atoms with Gasteiger partial charge in [0, 0.05) is 38.4 Å². The highest BCUT2D eigenvalue weighted by atomic mass is 32.1. The van der Waals surface area contributed by atoms with Gasteiger partial charge in [-0.05, 0) is 58.7 Å². The van der Waals surface area contributed by atoms with Crippen LogP contribution in [0.15, 0.2) is 170 Å². The lowest BCUT2D eigenvalue weighted by Gasteiger charge is -2.13. The largest absolute Gasteiger partial charge is 0.247 e. The summed E-state index contributed by atoms with van der Waals surface area (Å²) >= 11 is 1.23. The minimum atomic E-state index is 0.568. The summed E-state index contributed by atoms with van der Waals surface area (Å²) in [7, 11) is 0. The van der Waals surface area contributed by atoms with Gasteiger partial charge in [0.15, 0.2) is 17.5 Å². The van der Waals surface area contributed by atoms with Crippen molar-refractivity contribution in [1.29, 1.82) is 0 Å². The number of fused-ring (bicyclic) bond motifs is 5. The van der Waals surface area contributed by atoms with Crippen molar-refractivity contribution in [3.05, 3.63) is 170 Å². The van der Waals surface area contributed by atoms with E-state index in [1.54, 1.807) is 0 Å². The Kier molecular flexibility index (Phi) is 7.55. The molecule has 7 aromatic carbocycles. The predicted molar refractivity (Wildman–Crippen MR) is 216 cm³/mol. The molecule has 3 heterocycles. The van der Waals surface area contributed by atoms with Gasteiger partial charge in [0.1, 0.15) is 11.0 Å². The van der Waals surface area contributed by atoms with Gasteiger partial charge in [-0.3, -0.25) is 0 Å². The lowest BCUT2D eigenvalue weighted by Crippen LogP contribution is -2.01. The fraction of sp³-hybridized carbons (Fsp3) is 0. The summed E-state index contributed by atoms with van der Waals surface area (Å²) in [6.07, 6.45) is 0. The highest BCUT2D eigenvalue weighted by molar-refractivity contribution is 7.00. The topological polar surface area (TPSA) is 77.3 Å². The van der Waals surface area contributed by atoms with E-state index in [0.717, 1.165) is 82.9 Å². The van der Waals surface area contributed by atoms with Crippen LogP contribution in [0.5, 0.6) is 0 Å². The first-order chi connectivity index (χ1) is 26.2. The monoisotopic (exact) mass is 696 g/mol. The number of nitrogens with zero attached hydrogens (tertiary/aromatic N) is 6. The summed E-state index contributed by atoms with van der Waals surface area (Å²) < 4.78 is 9.28. The zero-order valence-corrected chi connectivity index (χ0v) is 29.1. The average Bonchev–Trinajstić information content (AvgIpc) is 3.73. The Balaban J connectivity index is 1.21. The highest BCUT2D eigenvalue weighted by Gasteiger charge is 2.18.